The first kappa shape index (κ1) is 15.2. The summed E-state index contributed by atoms with van der Waals surface area (Å²) in [6.07, 6.45) is -4.00. The average molecular weight is 330 g/mol. The molecule has 0 saturated carbocycles. The van der Waals surface area contributed by atoms with Crippen LogP contribution < -0.4 is 10.1 Å². The Morgan fingerprint density at radius 1 is 1.33 bits per heavy atom. The van der Waals surface area contributed by atoms with Gasteiger partial charge in [-0.05, 0) is 42.0 Å². The van der Waals surface area contributed by atoms with Crippen molar-refractivity contribution in [2.24, 2.45) is 0 Å². The van der Waals surface area contributed by atoms with Gasteiger partial charge in [-0.2, -0.15) is 13.2 Å². The lowest BCUT2D eigenvalue weighted by molar-refractivity contribution is -0.138. The quantitative estimate of drug-likeness (QED) is 0.658. The zero-order valence-electron chi connectivity index (χ0n) is 9.57. The van der Waals surface area contributed by atoms with Crippen LogP contribution in [0.4, 0.5) is 17.6 Å². The molecule has 0 atom stereocenters. The highest BCUT2D eigenvalue weighted by Crippen LogP contribution is 2.38. The highest BCUT2D eigenvalue weighted by atomic mass is 79.9. The summed E-state index contributed by atoms with van der Waals surface area (Å²) in [5, 5.41) is 2.87. The standard InChI is InChI=1S/C11H12BrF4NO/c1-17-3-2-4-18-7-5-8(11(14,15)16)10(12)9(13)6-7/h5-6,17H,2-4H2,1H3. The van der Waals surface area contributed by atoms with E-state index < -0.39 is 22.0 Å². The first-order chi connectivity index (χ1) is 8.36. The number of hydrogen-bond donors (Lipinski definition) is 1. The number of nitrogens with one attached hydrogen (secondary N) is 1. The fourth-order valence-electron chi connectivity index (χ4n) is 1.29. The van der Waals surface area contributed by atoms with Gasteiger partial charge in [0.15, 0.2) is 0 Å². The molecule has 0 bridgehead atoms. The number of benzene rings is 1. The molecule has 1 aromatic rings. The van der Waals surface area contributed by atoms with E-state index in [9.17, 15) is 17.6 Å². The van der Waals surface area contributed by atoms with Crippen LogP contribution in [0.25, 0.3) is 0 Å². The minimum atomic E-state index is -4.62. The molecule has 2 nitrogen and oxygen atoms in total. The summed E-state index contributed by atoms with van der Waals surface area (Å²) < 4.78 is 55.6. The van der Waals surface area contributed by atoms with Crippen LogP contribution in [-0.2, 0) is 6.18 Å². The molecule has 0 fully saturated rings. The predicted molar refractivity (Wildman–Crippen MR) is 63.1 cm³/mol. The number of ether oxygens (including phenoxy) is 1. The second kappa shape index (κ2) is 6.38. The van der Waals surface area contributed by atoms with Crippen molar-refractivity contribution in [3.05, 3.63) is 28.0 Å². The smallest absolute Gasteiger partial charge is 0.417 e. The second-order valence-electron chi connectivity index (χ2n) is 3.57. The Balaban J connectivity index is 2.85. The van der Waals surface area contributed by atoms with Crippen LogP contribution >= 0.6 is 15.9 Å². The minimum Gasteiger partial charge on any atom is -0.493 e. The van der Waals surface area contributed by atoms with Gasteiger partial charge in [0.2, 0.25) is 0 Å². The van der Waals surface area contributed by atoms with Crippen LogP contribution in [0.2, 0.25) is 0 Å². The number of halogens is 5. The largest absolute Gasteiger partial charge is 0.493 e. The molecule has 1 aromatic carbocycles. The second-order valence-corrected chi connectivity index (χ2v) is 4.36. The Labute approximate surface area is 110 Å². The lowest BCUT2D eigenvalue weighted by Gasteiger charge is -2.13. The van der Waals surface area contributed by atoms with Gasteiger partial charge in [0.25, 0.3) is 0 Å². The van der Waals surface area contributed by atoms with Gasteiger partial charge in [-0.1, -0.05) is 0 Å². The van der Waals surface area contributed by atoms with Gasteiger partial charge in [0.1, 0.15) is 11.6 Å². The van der Waals surface area contributed by atoms with Gasteiger partial charge in [0, 0.05) is 6.07 Å². The van der Waals surface area contributed by atoms with Gasteiger partial charge in [-0.15, -0.1) is 0 Å². The van der Waals surface area contributed by atoms with Gasteiger partial charge < -0.3 is 10.1 Å². The minimum absolute atomic E-state index is 0.126. The van der Waals surface area contributed by atoms with Crippen molar-refractivity contribution in [3.8, 4) is 5.75 Å². The molecule has 0 aliphatic heterocycles. The van der Waals surface area contributed by atoms with Crippen LogP contribution in [0, 0.1) is 5.82 Å². The summed E-state index contributed by atoms with van der Waals surface area (Å²) in [7, 11) is 1.75. The van der Waals surface area contributed by atoms with Crippen LogP contribution in [0.3, 0.4) is 0 Å². The van der Waals surface area contributed by atoms with Crippen molar-refractivity contribution in [1.29, 1.82) is 0 Å². The van der Waals surface area contributed by atoms with E-state index >= 15 is 0 Å². The predicted octanol–water partition coefficient (Wildman–Crippen LogP) is 3.60. The normalized spacial score (nSPS) is 11.7. The Kier molecular flexibility index (Phi) is 5.40. The maximum absolute atomic E-state index is 13.3. The Morgan fingerprint density at radius 3 is 2.56 bits per heavy atom. The maximum Gasteiger partial charge on any atom is 0.417 e. The van der Waals surface area contributed by atoms with E-state index in [0.717, 1.165) is 12.1 Å². The molecular weight excluding hydrogens is 318 g/mol. The molecular formula is C11H12BrF4NO. The zero-order valence-corrected chi connectivity index (χ0v) is 11.2. The van der Waals surface area contributed by atoms with E-state index in [1.165, 1.54) is 0 Å². The molecule has 1 rings (SSSR count). The van der Waals surface area contributed by atoms with Crippen molar-refractivity contribution in [3.63, 3.8) is 0 Å². The lowest BCUT2D eigenvalue weighted by atomic mass is 10.2. The lowest BCUT2D eigenvalue weighted by Crippen LogP contribution is -2.12. The monoisotopic (exact) mass is 329 g/mol. The Hall–Kier alpha value is -0.820. The van der Waals surface area contributed by atoms with Gasteiger partial charge >= 0.3 is 6.18 Å². The van der Waals surface area contributed by atoms with E-state index in [0.29, 0.717) is 13.0 Å². The van der Waals surface area contributed by atoms with Gasteiger partial charge in [-0.25, -0.2) is 4.39 Å². The summed E-state index contributed by atoms with van der Waals surface area (Å²) in [5.41, 5.74) is -1.08. The van der Waals surface area contributed by atoms with Crippen molar-refractivity contribution in [1.82, 2.24) is 5.32 Å². The van der Waals surface area contributed by atoms with Gasteiger partial charge in [-0.3, -0.25) is 0 Å². The van der Waals surface area contributed by atoms with Crippen LogP contribution in [0.1, 0.15) is 12.0 Å². The molecule has 0 aliphatic rings. The molecule has 102 valence electrons. The summed E-state index contributed by atoms with van der Waals surface area (Å²) >= 11 is 2.58. The molecule has 0 aromatic heterocycles. The highest BCUT2D eigenvalue weighted by molar-refractivity contribution is 9.10. The third-order valence-electron chi connectivity index (χ3n) is 2.15. The number of alkyl halides is 3. The highest BCUT2D eigenvalue weighted by Gasteiger charge is 2.34. The van der Waals surface area contributed by atoms with Crippen molar-refractivity contribution >= 4 is 15.9 Å². The van der Waals surface area contributed by atoms with Crippen molar-refractivity contribution in [2.45, 2.75) is 12.6 Å². The molecule has 7 heteroatoms. The van der Waals surface area contributed by atoms with E-state index in [1.807, 2.05) is 0 Å². The third-order valence-corrected chi connectivity index (χ3v) is 2.95. The molecule has 0 heterocycles. The van der Waals surface area contributed by atoms with Gasteiger partial charge in [0.05, 0.1) is 16.6 Å². The number of hydrogen-bond acceptors (Lipinski definition) is 2. The van der Waals surface area contributed by atoms with Crippen molar-refractivity contribution in [2.75, 3.05) is 20.2 Å². The van der Waals surface area contributed by atoms with Crippen LogP contribution in [-0.4, -0.2) is 20.2 Å². The molecule has 1 N–H and O–H groups in total. The maximum atomic E-state index is 13.3. The SMILES string of the molecule is CNCCCOc1cc(F)c(Br)c(C(F)(F)F)c1. The molecule has 0 unspecified atom stereocenters. The topological polar surface area (TPSA) is 21.3 Å². The van der Waals surface area contributed by atoms with E-state index in [2.05, 4.69) is 21.2 Å². The summed E-state index contributed by atoms with van der Waals surface area (Å²) in [5.74, 6) is -1.12. The summed E-state index contributed by atoms with van der Waals surface area (Å²) in [6.45, 7) is 0.893. The van der Waals surface area contributed by atoms with E-state index in [1.54, 1.807) is 7.05 Å². The molecule has 0 spiro atoms. The molecule has 0 saturated heterocycles. The first-order valence-electron chi connectivity index (χ1n) is 5.20. The van der Waals surface area contributed by atoms with Crippen LogP contribution in [0.5, 0.6) is 5.75 Å². The molecule has 0 aliphatic carbocycles. The first-order valence-corrected chi connectivity index (χ1v) is 5.99. The fraction of sp³-hybridized carbons (Fsp3) is 0.455. The molecule has 18 heavy (non-hydrogen) atoms. The van der Waals surface area contributed by atoms with E-state index in [4.69, 9.17) is 4.74 Å². The number of rotatable bonds is 5. The summed E-state index contributed by atoms with van der Waals surface area (Å²) in [6, 6.07) is 1.71. The molecule has 0 radical (unpaired) electrons. The van der Waals surface area contributed by atoms with Crippen molar-refractivity contribution < 1.29 is 22.3 Å². The van der Waals surface area contributed by atoms with E-state index in [-0.39, 0.29) is 12.4 Å². The van der Waals surface area contributed by atoms with Crippen LogP contribution in [0.15, 0.2) is 16.6 Å². The zero-order chi connectivity index (χ0) is 13.8. The Morgan fingerprint density at radius 2 is 2.00 bits per heavy atom. The Bertz CT molecular complexity index is 409. The average Bonchev–Trinajstić information content (AvgIpc) is 2.27. The fourth-order valence-corrected chi connectivity index (χ4v) is 1.75. The molecule has 0 amide bonds. The third kappa shape index (κ3) is 4.13. The summed E-state index contributed by atoms with van der Waals surface area (Å²) in [4.78, 5) is 0.